The zero-order valence-electron chi connectivity index (χ0n) is 14.4. The molecule has 0 atom stereocenters. The van der Waals surface area contributed by atoms with Crippen molar-refractivity contribution < 1.29 is 4.74 Å². The number of ether oxygens (including phenoxy) is 1. The number of nitrogens with two attached hydrogens (primary N) is 1. The van der Waals surface area contributed by atoms with Crippen LogP contribution < -0.4 is 10.5 Å². The van der Waals surface area contributed by atoms with Gasteiger partial charge in [0.05, 0.1) is 12.6 Å². The van der Waals surface area contributed by atoms with Crippen molar-refractivity contribution in [2.45, 2.75) is 19.8 Å². The van der Waals surface area contributed by atoms with E-state index in [-0.39, 0.29) is 0 Å². The molecular weight excluding hydrogens is 314 g/mol. The summed E-state index contributed by atoms with van der Waals surface area (Å²) < 4.78 is 6.83. The summed E-state index contributed by atoms with van der Waals surface area (Å²) in [6, 6.07) is 13.7. The molecule has 0 radical (unpaired) electrons. The maximum absolute atomic E-state index is 6.11. The predicted octanol–water partition coefficient (Wildman–Crippen LogP) is 3.66. The van der Waals surface area contributed by atoms with Crippen molar-refractivity contribution in [3.05, 3.63) is 48.0 Å². The molecule has 0 saturated carbocycles. The first kappa shape index (κ1) is 15.4. The molecule has 2 aromatic heterocycles. The SMILES string of the molecule is COc1ccc(-c2nc3c4c(C(C)C)cccc4nc(N)n3n2)cc1. The van der Waals surface area contributed by atoms with Crippen LogP contribution in [0, 0.1) is 0 Å². The van der Waals surface area contributed by atoms with Gasteiger partial charge in [0, 0.05) is 10.9 Å². The lowest BCUT2D eigenvalue weighted by atomic mass is 9.99. The van der Waals surface area contributed by atoms with Crippen molar-refractivity contribution in [1.82, 2.24) is 19.6 Å². The Hall–Kier alpha value is -3.15. The third kappa shape index (κ3) is 2.46. The lowest BCUT2D eigenvalue weighted by Crippen LogP contribution is -2.04. The lowest BCUT2D eigenvalue weighted by Gasteiger charge is -2.10. The average molecular weight is 333 g/mol. The number of methoxy groups -OCH3 is 1. The highest BCUT2D eigenvalue weighted by molar-refractivity contribution is 5.96. The van der Waals surface area contributed by atoms with Gasteiger partial charge in [0.1, 0.15) is 5.75 Å². The van der Waals surface area contributed by atoms with E-state index in [1.165, 1.54) is 5.56 Å². The van der Waals surface area contributed by atoms with Crippen LogP contribution in [-0.2, 0) is 0 Å². The molecule has 0 aliphatic carbocycles. The van der Waals surface area contributed by atoms with Crippen LogP contribution in [0.4, 0.5) is 5.95 Å². The molecule has 4 aromatic rings. The van der Waals surface area contributed by atoms with Gasteiger partial charge < -0.3 is 10.5 Å². The third-order valence-electron chi connectivity index (χ3n) is 4.33. The average Bonchev–Trinajstić information content (AvgIpc) is 3.07. The fraction of sp³-hybridized carbons (Fsp3) is 0.211. The highest BCUT2D eigenvalue weighted by Gasteiger charge is 2.16. The number of aromatic nitrogens is 4. The highest BCUT2D eigenvalue weighted by Crippen LogP contribution is 2.30. The van der Waals surface area contributed by atoms with Gasteiger partial charge in [0.15, 0.2) is 11.5 Å². The number of hydrogen-bond acceptors (Lipinski definition) is 5. The number of benzene rings is 2. The predicted molar refractivity (Wildman–Crippen MR) is 98.8 cm³/mol. The Balaban J connectivity index is 2.00. The molecule has 126 valence electrons. The minimum atomic E-state index is 0.329. The molecule has 6 heteroatoms. The molecule has 4 rings (SSSR count). The molecule has 0 bridgehead atoms. The largest absolute Gasteiger partial charge is 0.497 e. The van der Waals surface area contributed by atoms with Crippen LogP contribution in [0.15, 0.2) is 42.5 Å². The van der Waals surface area contributed by atoms with Crippen LogP contribution in [0.3, 0.4) is 0 Å². The van der Waals surface area contributed by atoms with Gasteiger partial charge >= 0.3 is 0 Å². The first-order valence-electron chi connectivity index (χ1n) is 8.18. The Morgan fingerprint density at radius 1 is 1.04 bits per heavy atom. The van der Waals surface area contributed by atoms with E-state index in [0.717, 1.165) is 27.9 Å². The summed E-state index contributed by atoms with van der Waals surface area (Å²) in [4.78, 5) is 9.26. The molecule has 0 aliphatic heterocycles. The van der Waals surface area contributed by atoms with Gasteiger partial charge in [-0.15, -0.1) is 5.10 Å². The van der Waals surface area contributed by atoms with E-state index >= 15 is 0 Å². The first-order chi connectivity index (χ1) is 12.1. The summed E-state index contributed by atoms with van der Waals surface area (Å²) in [7, 11) is 1.64. The number of hydrogen-bond donors (Lipinski definition) is 1. The second-order valence-electron chi connectivity index (χ2n) is 6.27. The summed E-state index contributed by atoms with van der Waals surface area (Å²) >= 11 is 0. The summed E-state index contributed by atoms with van der Waals surface area (Å²) in [6.07, 6.45) is 0. The molecule has 0 unspecified atom stereocenters. The maximum atomic E-state index is 6.11. The number of fused-ring (bicyclic) bond motifs is 3. The van der Waals surface area contributed by atoms with Crippen molar-refractivity contribution in [2.75, 3.05) is 12.8 Å². The highest BCUT2D eigenvalue weighted by atomic mass is 16.5. The molecule has 0 fully saturated rings. The number of nitrogens with zero attached hydrogens (tertiary/aromatic N) is 4. The van der Waals surface area contributed by atoms with Gasteiger partial charge in [-0.1, -0.05) is 26.0 Å². The van der Waals surface area contributed by atoms with E-state index in [2.05, 4.69) is 30.0 Å². The van der Waals surface area contributed by atoms with Crippen LogP contribution in [0.2, 0.25) is 0 Å². The topological polar surface area (TPSA) is 78.3 Å². The Kier molecular flexibility index (Phi) is 3.53. The van der Waals surface area contributed by atoms with Gasteiger partial charge in [-0.3, -0.25) is 0 Å². The van der Waals surface area contributed by atoms with Crippen molar-refractivity contribution >= 4 is 22.5 Å². The number of anilines is 1. The van der Waals surface area contributed by atoms with Crippen molar-refractivity contribution in [2.24, 2.45) is 0 Å². The molecule has 2 N–H and O–H groups in total. The zero-order chi connectivity index (χ0) is 17.6. The zero-order valence-corrected chi connectivity index (χ0v) is 14.4. The maximum Gasteiger partial charge on any atom is 0.223 e. The fourth-order valence-electron chi connectivity index (χ4n) is 3.04. The third-order valence-corrected chi connectivity index (χ3v) is 4.33. The van der Waals surface area contributed by atoms with Crippen molar-refractivity contribution in [3.63, 3.8) is 0 Å². The van der Waals surface area contributed by atoms with Crippen molar-refractivity contribution in [1.29, 1.82) is 0 Å². The molecule has 6 nitrogen and oxygen atoms in total. The Labute approximate surface area is 145 Å². The second kappa shape index (κ2) is 5.73. The molecule has 2 aromatic carbocycles. The normalized spacial score (nSPS) is 11.5. The Bertz CT molecular complexity index is 1070. The second-order valence-corrected chi connectivity index (χ2v) is 6.27. The van der Waals surface area contributed by atoms with Gasteiger partial charge in [-0.05, 0) is 41.8 Å². The van der Waals surface area contributed by atoms with E-state index in [0.29, 0.717) is 17.7 Å². The molecule has 0 saturated heterocycles. The minimum Gasteiger partial charge on any atom is -0.497 e. The molecule has 2 heterocycles. The van der Waals surface area contributed by atoms with Gasteiger partial charge in [-0.2, -0.15) is 4.52 Å². The summed E-state index contributed by atoms with van der Waals surface area (Å²) in [6.45, 7) is 4.31. The molecule has 0 amide bonds. The summed E-state index contributed by atoms with van der Waals surface area (Å²) in [5.74, 6) is 2.08. The van der Waals surface area contributed by atoms with E-state index in [4.69, 9.17) is 15.5 Å². The molecule has 25 heavy (non-hydrogen) atoms. The van der Waals surface area contributed by atoms with Crippen LogP contribution in [-0.4, -0.2) is 26.7 Å². The fourth-order valence-corrected chi connectivity index (χ4v) is 3.04. The first-order valence-corrected chi connectivity index (χ1v) is 8.18. The smallest absolute Gasteiger partial charge is 0.223 e. The molecular formula is C19H19N5O. The summed E-state index contributed by atoms with van der Waals surface area (Å²) in [5.41, 5.74) is 9.77. The van der Waals surface area contributed by atoms with Gasteiger partial charge in [0.2, 0.25) is 5.95 Å². The van der Waals surface area contributed by atoms with Crippen LogP contribution >= 0.6 is 0 Å². The van der Waals surface area contributed by atoms with E-state index in [9.17, 15) is 0 Å². The number of nitrogen functional groups attached to an aromatic ring is 1. The number of rotatable bonds is 3. The van der Waals surface area contributed by atoms with Crippen molar-refractivity contribution in [3.8, 4) is 17.1 Å². The van der Waals surface area contributed by atoms with E-state index in [1.807, 2.05) is 36.4 Å². The standard InChI is InChI=1S/C19H19N5O/c1-11(2)14-5-4-6-15-16(14)18-22-17(23-24(18)19(20)21-15)12-7-9-13(25-3)10-8-12/h4-11H,1-3H3,(H2,20,21). The van der Waals surface area contributed by atoms with Crippen LogP contribution in [0.1, 0.15) is 25.3 Å². The van der Waals surface area contributed by atoms with E-state index in [1.54, 1.807) is 11.6 Å². The van der Waals surface area contributed by atoms with Gasteiger partial charge in [-0.25, -0.2) is 9.97 Å². The molecule has 0 aliphatic rings. The summed E-state index contributed by atoms with van der Waals surface area (Å²) in [5, 5.41) is 5.56. The quantitative estimate of drug-likeness (QED) is 0.619. The monoisotopic (exact) mass is 333 g/mol. The van der Waals surface area contributed by atoms with Crippen LogP contribution in [0.5, 0.6) is 5.75 Å². The van der Waals surface area contributed by atoms with Crippen LogP contribution in [0.25, 0.3) is 27.9 Å². The Morgan fingerprint density at radius 3 is 2.48 bits per heavy atom. The Morgan fingerprint density at radius 2 is 1.80 bits per heavy atom. The van der Waals surface area contributed by atoms with E-state index < -0.39 is 0 Å². The van der Waals surface area contributed by atoms with Gasteiger partial charge in [0.25, 0.3) is 0 Å². The molecule has 0 spiro atoms. The lowest BCUT2D eigenvalue weighted by molar-refractivity contribution is 0.415. The minimum absolute atomic E-state index is 0.329.